The lowest BCUT2D eigenvalue weighted by molar-refractivity contribution is -0.132. The summed E-state index contributed by atoms with van der Waals surface area (Å²) in [5.41, 5.74) is 6.38. The molecule has 0 spiro atoms. The van der Waals surface area contributed by atoms with Gasteiger partial charge in [0.05, 0.1) is 5.57 Å². The Labute approximate surface area is 101 Å². The van der Waals surface area contributed by atoms with E-state index in [1.165, 1.54) is 0 Å². The third-order valence-electron chi connectivity index (χ3n) is 4.15. The molecule has 0 aromatic heterocycles. The molecule has 1 fully saturated rings. The van der Waals surface area contributed by atoms with Crippen LogP contribution in [-0.2, 0) is 9.53 Å². The van der Waals surface area contributed by atoms with E-state index in [1.54, 1.807) is 12.2 Å². The summed E-state index contributed by atoms with van der Waals surface area (Å²) in [5.74, 6) is -0.874. The van der Waals surface area contributed by atoms with Crippen LogP contribution < -0.4 is 5.73 Å². The maximum atomic E-state index is 10.9. The summed E-state index contributed by atoms with van der Waals surface area (Å²) < 4.78 is 5.35. The van der Waals surface area contributed by atoms with Crippen molar-refractivity contribution in [2.75, 3.05) is 13.2 Å². The lowest BCUT2D eigenvalue weighted by atomic mass is 9.63. The lowest BCUT2D eigenvalue weighted by Gasteiger charge is -2.47. The average molecular weight is 237 g/mol. The van der Waals surface area contributed by atoms with Gasteiger partial charge < -0.3 is 15.6 Å². The maximum Gasteiger partial charge on any atom is 0.335 e. The van der Waals surface area contributed by atoms with Gasteiger partial charge in [0.25, 0.3) is 0 Å². The largest absolute Gasteiger partial charge is 0.478 e. The van der Waals surface area contributed by atoms with Gasteiger partial charge in [-0.3, -0.25) is 0 Å². The Hall–Kier alpha value is -1.13. The fourth-order valence-electron chi connectivity index (χ4n) is 2.57. The van der Waals surface area contributed by atoms with Crippen LogP contribution in [0.1, 0.15) is 26.2 Å². The number of aliphatic carboxylic acids is 1. The first-order valence-corrected chi connectivity index (χ1v) is 5.96. The molecule has 1 atom stereocenters. The first kappa shape index (κ1) is 12.3. The minimum absolute atomic E-state index is 0.171. The van der Waals surface area contributed by atoms with Crippen molar-refractivity contribution in [3.05, 3.63) is 23.8 Å². The molecule has 17 heavy (non-hydrogen) atoms. The second kappa shape index (κ2) is 4.27. The van der Waals surface area contributed by atoms with Crippen LogP contribution in [0.15, 0.2) is 23.8 Å². The Morgan fingerprint density at radius 1 is 1.47 bits per heavy atom. The van der Waals surface area contributed by atoms with E-state index < -0.39 is 5.97 Å². The van der Waals surface area contributed by atoms with Crippen LogP contribution >= 0.6 is 0 Å². The van der Waals surface area contributed by atoms with Crippen LogP contribution in [0.2, 0.25) is 0 Å². The number of hydrogen-bond acceptors (Lipinski definition) is 3. The van der Waals surface area contributed by atoms with E-state index in [-0.39, 0.29) is 11.0 Å². The van der Waals surface area contributed by atoms with E-state index in [0.29, 0.717) is 25.2 Å². The van der Waals surface area contributed by atoms with Crippen molar-refractivity contribution >= 4 is 5.97 Å². The first-order valence-electron chi connectivity index (χ1n) is 5.96. The number of carboxylic acid groups (broad SMARTS) is 1. The van der Waals surface area contributed by atoms with E-state index in [1.807, 2.05) is 6.08 Å². The summed E-state index contributed by atoms with van der Waals surface area (Å²) in [6.07, 6.45) is 7.74. The van der Waals surface area contributed by atoms with Crippen molar-refractivity contribution in [2.24, 2.45) is 11.1 Å². The number of ether oxygens (including phenoxy) is 1. The first-order chi connectivity index (χ1) is 7.97. The SMILES string of the molecule is CC1(C2(N)CCOCC2)C=CC(C(=O)O)=CC1. The highest BCUT2D eigenvalue weighted by molar-refractivity contribution is 5.90. The number of carboxylic acids is 1. The molecule has 0 saturated carbocycles. The Kier molecular flexibility index (Phi) is 3.10. The third-order valence-corrected chi connectivity index (χ3v) is 4.15. The van der Waals surface area contributed by atoms with Gasteiger partial charge >= 0.3 is 5.97 Å². The number of carbonyl (C=O) groups is 1. The predicted molar refractivity (Wildman–Crippen MR) is 64.6 cm³/mol. The van der Waals surface area contributed by atoms with E-state index in [2.05, 4.69) is 6.92 Å². The fourth-order valence-corrected chi connectivity index (χ4v) is 2.57. The van der Waals surface area contributed by atoms with Gasteiger partial charge in [-0.1, -0.05) is 25.2 Å². The van der Waals surface area contributed by atoms with Crippen molar-refractivity contribution in [3.8, 4) is 0 Å². The molecule has 4 heteroatoms. The van der Waals surface area contributed by atoms with Crippen LogP contribution in [-0.4, -0.2) is 29.8 Å². The zero-order chi connectivity index (χ0) is 12.5. The molecule has 1 heterocycles. The zero-order valence-electron chi connectivity index (χ0n) is 10.1. The van der Waals surface area contributed by atoms with Crippen molar-refractivity contribution in [1.29, 1.82) is 0 Å². The monoisotopic (exact) mass is 237 g/mol. The summed E-state index contributed by atoms with van der Waals surface area (Å²) in [6.45, 7) is 3.48. The molecule has 4 nitrogen and oxygen atoms in total. The predicted octanol–water partition coefficient (Wildman–Crippen LogP) is 1.47. The molecule has 0 radical (unpaired) electrons. The Bertz CT molecular complexity index is 380. The normalized spacial score (nSPS) is 32.0. The fraction of sp³-hybridized carbons (Fsp3) is 0.615. The van der Waals surface area contributed by atoms with E-state index in [0.717, 1.165) is 12.8 Å². The van der Waals surface area contributed by atoms with Gasteiger partial charge in [0.2, 0.25) is 0 Å². The van der Waals surface area contributed by atoms with E-state index in [4.69, 9.17) is 15.6 Å². The average Bonchev–Trinajstić information content (AvgIpc) is 2.30. The van der Waals surface area contributed by atoms with Crippen molar-refractivity contribution in [2.45, 2.75) is 31.7 Å². The van der Waals surface area contributed by atoms with Crippen molar-refractivity contribution in [3.63, 3.8) is 0 Å². The Morgan fingerprint density at radius 2 is 2.12 bits per heavy atom. The summed E-state index contributed by atoms with van der Waals surface area (Å²) in [5, 5.41) is 8.91. The molecule has 94 valence electrons. The van der Waals surface area contributed by atoms with Crippen LogP contribution in [0.3, 0.4) is 0 Å². The number of rotatable bonds is 2. The molecule has 0 amide bonds. The summed E-state index contributed by atoms with van der Waals surface area (Å²) in [6, 6.07) is 0. The summed E-state index contributed by atoms with van der Waals surface area (Å²) >= 11 is 0. The molecular weight excluding hydrogens is 218 g/mol. The third kappa shape index (κ3) is 2.15. The number of nitrogens with two attached hydrogens (primary N) is 1. The minimum atomic E-state index is -0.874. The van der Waals surface area contributed by atoms with Gasteiger partial charge in [-0.2, -0.15) is 0 Å². The second-order valence-corrected chi connectivity index (χ2v) is 5.19. The summed E-state index contributed by atoms with van der Waals surface area (Å²) in [4.78, 5) is 10.9. The molecule has 2 rings (SSSR count). The van der Waals surface area contributed by atoms with Gasteiger partial charge in [-0.05, 0) is 19.3 Å². The molecule has 0 aromatic rings. The molecule has 2 aliphatic rings. The smallest absolute Gasteiger partial charge is 0.335 e. The van der Waals surface area contributed by atoms with Crippen LogP contribution in [0.5, 0.6) is 0 Å². The Balaban J connectivity index is 2.17. The van der Waals surface area contributed by atoms with Gasteiger partial charge in [0.1, 0.15) is 0 Å². The molecule has 1 saturated heterocycles. The molecule has 0 aromatic carbocycles. The number of hydrogen-bond donors (Lipinski definition) is 2. The van der Waals surface area contributed by atoms with Crippen LogP contribution in [0.4, 0.5) is 0 Å². The van der Waals surface area contributed by atoms with Crippen molar-refractivity contribution < 1.29 is 14.6 Å². The van der Waals surface area contributed by atoms with Crippen LogP contribution in [0, 0.1) is 5.41 Å². The molecule has 3 N–H and O–H groups in total. The quantitative estimate of drug-likeness (QED) is 0.763. The van der Waals surface area contributed by atoms with Gasteiger partial charge in [-0.15, -0.1) is 0 Å². The molecule has 1 aliphatic heterocycles. The van der Waals surface area contributed by atoms with E-state index in [9.17, 15) is 4.79 Å². The highest BCUT2D eigenvalue weighted by Gasteiger charge is 2.44. The molecular formula is C13H19NO3. The highest BCUT2D eigenvalue weighted by Crippen LogP contribution is 2.43. The minimum Gasteiger partial charge on any atom is -0.478 e. The molecule has 0 bridgehead atoms. The van der Waals surface area contributed by atoms with Gasteiger partial charge in [0.15, 0.2) is 0 Å². The van der Waals surface area contributed by atoms with Gasteiger partial charge in [-0.25, -0.2) is 4.79 Å². The lowest BCUT2D eigenvalue weighted by Crippen LogP contribution is -2.56. The standard InChI is InChI=1S/C13H19NO3/c1-12(13(14)6-8-17-9-7-13)4-2-10(3-5-12)11(15)16/h2-4H,5-9,14H2,1H3,(H,15,16). The zero-order valence-corrected chi connectivity index (χ0v) is 10.1. The van der Waals surface area contributed by atoms with E-state index >= 15 is 0 Å². The summed E-state index contributed by atoms with van der Waals surface area (Å²) in [7, 11) is 0. The molecule has 1 aliphatic carbocycles. The molecule has 1 unspecified atom stereocenters. The second-order valence-electron chi connectivity index (χ2n) is 5.19. The van der Waals surface area contributed by atoms with Crippen LogP contribution in [0.25, 0.3) is 0 Å². The van der Waals surface area contributed by atoms with Gasteiger partial charge in [0, 0.05) is 24.2 Å². The Morgan fingerprint density at radius 3 is 2.59 bits per heavy atom. The maximum absolute atomic E-state index is 10.9. The topological polar surface area (TPSA) is 72.5 Å². The van der Waals surface area contributed by atoms with Crippen molar-refractivity contribution in [1.82, 2.24) is 0 Å². The highest BCUT2D eigenvalue weighted by atomic mass is 16.5. The number of allylic oxidation sites excluding steroid dienone is 1.